The highest BCUT2D eigenvalue weighted by Gasteiger charge is 2.34. The van der Waals surface area contributed by atoms with E-state index >= 15 is 0 Å². The van der Waals surface area contributed by atoms with Crippen molar-refractivity contribution in [3.8, 4) is 0 Å². The summed E-state index contributed by atoms with van der Waals surface area (Å²) in [5.74, 6) is 0. The van der Waals surface area contributed by atoms with Crippen molar-refractivity contribution in [2.45, 2.75) is 25.4 Å². The zero-order valence-electron chi connectivity index (χ0n) is 11.8. The number of urea groups is 1. The molecule has 6 heteroatoms. The minimum Gasteiger partial charge on any atom is -0.320 e. The molecule has 0 radical (unpaired) electrons. The molecule has 2 saturated heterocycles. The van der Waals surface area contributed by atoms with Crippen molar-refractivity contribution < 1.29 is 4.79 Å². The standard InChI is InChI=1S/C15H19Cl2N3O/c16-12-2-1-11(14(17)9-12)10-19-7-8-20(15(19)21)13-3-5-18-6-4-13/h1-2,9,13,18H,3-8,10H2. The van der Waals surface area contributed by atoms with Gasteiger partial charge in [0.25, 0.3) is 0 Å². The van der Waals surface area contributed by atoms with Crippen LogP contribution in [-0.4, -0.2) is 48.1 Å². The van der Waals surface area contributed by atoms with Gasteiger partial charge in [-0.2, -0.15) is 0 Å². The van der Waals surface area contributed by atoms with E-state index in [1.165, 1.54) is 0 Å². The third-order valence-electron chi connectivity index (χ3n) is 4.25. The third-order valence-corrected chi connectivity index (χ3v) is 4.84. The van der Waals surface area contributed by atoms with Crippen molar-refractivity contribution in [2.75, 3.05) is 26.2 Å². The minimum absolute atomic E-state index is 0.132. The van der Waals surface area contributed by atoms with Crippen molar-refractivity contribution in [1.29, 1.82) is 0 Å². The van der Waals surface area contributed by atoms with E-state index in [4.69, 9.17) is 23.2 Å². The maximum atomic E-state index is 12.5. The van der Waals surface area contributed by atoms with Gasteiger partial charge in [-0.3, -0.25) is 0 Å². The number of carbonyl (C=O) groups is 1. The molecule has 2 aliphatic heterocycles. The first-order valence-electron chi connectivity index (χ1n) is 7.35. The van der Waals surface area contributed by atoms with E-state index in [-0.39, 0.29) is 6.03 Å². The Bertz CT molecular complexity index is 532. The monoisotopic (exact) mass is 327 g/mol. The summed E-state index contributed by atoms with van der Waals surface area (Å²) in [6.45, 7) is 4.13. The molecule has 1 aromatic carbocycles. The summed E-state index contributed by atoms with van der Waals surface area (Å²) in [7, 11) is 0. The van der Waals surface area contributed by atoms with Gasteiger partial charge in [0.2, 0.25) is 0 Å². The summed E-state index contributed by atoms with van der Waals surface area (Å²) in [6.07, 6.45) is 2.09. The van der Waals surface area contributed by atoms with E-state index in [1.807, 2.05) is 21.9 Å². The summed E-state index contributed by atoms with van der Waals surface area (Å²) in [5, 5.41) is 4.57. The molecule has 4 nitrogen and oxygen atoms in total. The second kappa shape index (κ2) is 6.42. The van der Waals surface area contributed by atoms with Crippen LogP contribution in [-0.2, 0) is 6.54 Å². The molecule has 1 N–H and O–H groups in total. The lowest BCUT2D eigenvalue weighted by atomic mass is 10.1. The molecule has 2 heterocycles. The number of halogens is 2. The number of hydrogen-bond donors (Lipinski definition) is 1. The molecule has 21 heavy (non-hydrogen) atoms. The number of carbonyl (C=O) groups excluding carboxylic acids is 1. The predicted molar refractivity (Wildman–Crippen MR) is 84.9 cm³/mol. The Hall–Kier alpha value is -0.970. The predicted octanol–water partition coefficient (Wildman–Crippen LogP) is 2.98. The zero-order chi connectivity index (χ0) is 14.8. The fraction of sp³-hybridized carbons (Fsp3) is 0.533. The second-order valence-corrected chi connectivity index (χ2v) is 6.46. The van der Waals surface area contributed by atoms with Crippen LogP contribution in [0, 0.1) is 0 Å². The molecule has 0 spiro atoms. The van der Waals surface area contributed by atoms with Crippen LogP contribution in [0.2, 0.25) is 10.0 Å². The Morgan fingerprint density at radius 3 is 2.67 bits per heavy atom. The summed E-state index contributed by atoms with van der Waals surface area (Å²) in [5.41, 5.74) is 0.946. The van der Waals surface area contributed by atoms with Crippen molar-refractivity contribution in [3.05, 3.63) is 33.8 Å². The lowest BCUT2D eigenvalue weighted by Gasteiger charge is -2.31. The molecule has 0 aromatic heterocycles. The van der Waals surface area contributed by atoms with Gasteiger partial charge in [-0.15, -0.1) is 0 Å². The SMILES string of the molecule is O=C1N(Cc2ccc(Cl)cc2Cl)CCN1C1CCNCC1. The first kappa shape index (κ1) is 14.9. The number of piperidine rings is 1. The molecular formula is C15H19Cl2N3O. The van der Waals surface area contributed by atoms with Crippen LogP contribution in [0.1, 0.15) is 18.4 Å². The van der Waals surface area contributed by atoms with Crippen LogP contribution in [0.4, 0.5) is 4.79 Å². The van der Waals surface area contributed by atoms with Crippen LogP contribution in [0.3, 0.4) is 0 Å². The summed E-state index contributed by atoms with van der Waals surface area (Å²) in [6, 6.07) is 5.94. The average Bonchev–Trinajstić information content (AvgIpc) is 2.84. The van der Waals surface area contributed by atoms with Gasteiger partial charge in [0.15, 0.2) is 0 Å². The van der Waals surface area contributed by atoms with Crippen molar-refractivity contribution in [2.24, 2.45) is 0 Å². The summed E-state index contributed by atoms with van der Waals surface area (Å²) in [4.78, 5) is 16.4. The Morgan fingerprint density at radius 2 is 1.95 bits per heavy atom. The van der Waals surface area contributed by atoms with Crippen molar-refractivity contribution in [3.63, 3.8) is 0 Å². The van der Waals surface area contributed by atoms with Crippen molar-refractivity contribution >= 4 is 29.2 Å². The van der Waals surface area contributed by atoms with Crippen LogP contribution >= 0.6 is 23.2 Å². The molecule has 3 rings (SSSR count). The van der Waals surface area contributed by atoms with Gasteiger partial charge in [-0.1, -0.05) is 29.3 Å². The average molecular weight is 328 g/mol. The molecule has 114 valence electrons. The van der Waals surface area contributed by atoms with Gasteiger partial charge in [0.1, 0.15) is 0 Å². The molecular weight excluding hydrogens is 309 g/mol. The molecule has 0 saturated carbocycles. The van der Waals surface area contributed by atoms with Gasteiger partial charge in [-0.05, 0) is 43.6 Å². The molecule has 1 aromatic rings. The minimum atomic E-state index is 0.132. The Balaban J connectivity index is 1.66. The Labute approximate surface area is 135 Å². The van der Waals surface area contributed by atoms with E-state index in [9.17, 15) is 4.79 Å². The summed E-state index contributed by atoms with van der Waals surface area (Å²) < 4.78 is 0. The highest BCUT2D eigenvalue weighted by atomic mass is 35.5. The number of nitrogens with one attached hydrogen (secondary N) is 1. The highest BCUT2D eigenvalue weighted by Crippen LogP contribution is 2.25. The molecule has 0 unspecified atom stereocenters. The van der Waals surface area contributed by atoms with Gasteiger partial charge < -0.3 is 15.1 Å². The van der Waals surface area contributed by atoms with E-state index in [1.54, 1.807) is 6.07 Å². The lowest BCUT2D eigenvalue weighted by Crippen LogP contribution is -2.45. The normalized spacial score (nSPS) is 20.4. The molecule has 0 atom stereocenters. The zero-order valence-corrected chi connectivity index (χ0v) is 13.3. The lowest BCUT2D eigenvalue weighted by molar-refractivity contribution is 0.165. The smallest absolute Gasteiger partial charge is 0.320 e. The Kier molecular flexibility index (Phi) is 4.57. The van der Waals surface area contributed by atoms with Gasteiger partial charge >= 0.3 is 6.03 Å². The summed E-state index contributed by atoms with van der Waals surface area (Å²) >= 11 is 12.1. The molecule has 2 aliphatic rings. The van der Waals surface area contributed by atoms with Gasteiger partial charge in [0, 0.05) is 35.7 Å². The fourth-order valence-electron chi connectivity index (χ4n) is 3.06. The highest BCUT2D eigenvalue weighted by molar-refractivity contribution is 6.35. The van der Waals surface area contributed by atoms with E-state index in [2.05, 4.69) is 5.32 Å². The largest absolute Gasteiger partial charge is 0.320 e. The van der Waals surface area contributed by atoms with E-state index in [0.717, 1.165) is 44.6 Å². The first-order chi connectivity index (χ1) is 10.1. The van der Waals surface area contributed by atoms with Gasteiger partial charge in [0.05, 0.1) is 0 Å². The van der Waals surface area contributed by atoms with E-state index in [0.29, 0.717) is 22.6 Å². The first-order valence-corrected chi connectivity index (χ1v) is 8.11. The van der Waals surface area contributed by atoms with Gasteiger partial charge in [-0.25, -0.2) is 4.79 Å². The van der Waals surface area contributed by atoms with Crippen LogP contribution in [0.15, 0.2) is 18.2 Å². The Morgan fingerprint density at radius 1 is 1.19 bits per heavy atom. The number of amides is 2. The van der Waals surface area contributed by atoms with Crippen LogP contribution in [0.25, 0.3) is 0 Å². The molecule has 0 bridgehead atoms. The van der Waals surface area contributed by atoms with Crippen LogP contribution in [0.5, 0.6) is 0 Å². The maximum absolute atomic E-state index is 12.5. The number of rotatable bonds is 3. The molecule has 0 aliphatic carbocycles. The fourth-order valence-corrected chi connectivity index (χ4v) is 3.53. The van der Waals surface area contributed by atoms with Crippen LogP contribution < -0.4 is 5.32 Å². The topological polar surface area (TPSA) is 35.6 Å². The van der Waals surface area contributed by atoms with Crippen molar-refractivity contribution in [1.82, 2.24) is 15.1 Å². The van der Waals surface area contributed by atoms with E-state index < -0.39 is 0 Å². The number of hydrogen-bond acceptors (Lipinski definition) is 2. The third kappa shape index (κ3) is 3.28. The quantitative estimate of drug-likeness (QED) is 0.926. The maximum Gasteiger partial charge on any atom is 0.320 e. The molecule has 2 fully saturated rings. The molecule has 2 amide bonds. The number of benzene rings is 1. The second-order valence-electron chi connectivity index (χ2n) is 5.61. The number of nitrogens with zero attached hydrogens (tertiary/aromatic N) is 2.